The molecule has 1 unspecified atom stereocenters. The highest BCUT2D eigenvalue weighted by molar-refractivity contribution is 9.09. The zero-order valence-electron chi connectivity index (χ0n) is 11.0. The predicted octanol–water partition coefficient (Wildman–Crippen LogP) is 5.60. The van der Waals surface area contributed by atoms with Crippen molar-refractivity contribution in [1.82, 2.24) is 0 Å². The number of hydrogen-bond donors (Lipinski definition) is 0. The largest absolute Gasteiger partial charge is 0.0925 e. The molecule has 0 aromatic heterocycles. The summed E-state index contributed by atoms with van der Waals surface area (Å²) in [6.07, 6.45) is 9.54. The molecule has 96 valence electrons. The van der Waals surface area contributed by atoms with Crippen LogP contribution >= 0.6 is 15.9 Å². The number of benzene rings is 1. The van der Waals surface area contributed by atoms with Crippen LogP contribution in [0.15, 0.2) is 30.3 Å². The third-order valence-corrected chi connectivity index (χ3v) is 4.22. The van der Waals surface area contributed by atoms with E-state index in [0.29, 0.717) is 0 Å². The Labute approximate surface area is 115 Å². The minimum Gasteiger partial charge on any atom is -0.0925 e. The maximum atomic E-state index is 3.66. The standard InChI is InChI=1S/C16H25Br/c1-2-3-4-5-7-12-16(14-17)13-15-10-8-6-9-11-15/h6,8-11,16H,2-5,7,12-14H2,1H3. The normalized spacial score (nSPS) is 12.6. The molecule has 0 N–H and O–H groups in total. The van der Waals surface area contributed by atoms with E-state index in [1.807, 2.05) is 0 Å². The molecule has 0 saturated heterocycles. The van der Waals surface area contributed by atoms with Crippen LogP contribution in [0.5, 0.6) is 0 Å². The molecule has 1 heteroatoms. The van der Waals surface area contributed by atoms with Gasteiger partial charge in [-0.3, -0.25) is 0 Å². The van der Waals surface area contributed by atoms with Crippen LogP contribution < -0.4 is 0 Å². The van der Waals surface area contributed by atoms with Gasteiger partial charge in [0.15, 0.2) is 0 Å². The second kappa shape index (κ2) is 9.70. The maximum absolute atomic E-state index is 3.66. The molecule has 0 spiro atoms. The monoisotopic (exact) mass is 296 g/mol. The zero-order chi connectivity index (χ0) is 12.3. The topological polar surface area (TPSA) is 0 Å². The van der Waals surface area contributed by atoms with Gasteiger partial charge in [-0.25, -0.2) is 0 Å². The molecule has 1 aromatic rings. The smallest absolute Gasteiger partial charge is 0.00628 e. The number of hydrogen-bond acceptors (Lipinski definition) is 0. The summed E-state index contributed by atoms with van der Waals surface area (Å²) in [6, 6.07) is 10.9. The fourth-order valence-electron chi connectivity index (χ4n) is 2.22. The fraction of sp³-hybridized carbons (Fsp3) is 0.625. The summed E-state index contributed by atoms with van der Waals surface area (Å²) in [4.78, 5) is 0. The Kier molecular flexibility index (Phi) is 8.42. The average Bonchev–Trinajstić information content (AvgIpc) is 2.38. The Morgan fingerprint density at radius 1 is 1.00 bits per heavy atom. The Balaban J connectivity index is 2.20. The Morgan fingerprint density at radius 2 is 1.71 bits per heavy atom. The van der Waals surface area contributed by atoms with E-state index in [4.69, 9.17) is 0 Å². The Hall–Kier alpha value is -0.300. The molecule has 0 nitrogen and oxygen atoms in total. The quantitative estimate of drug-likeness (QED) is 0.411. The highest BCUT2D eigenvalue weighted by Gasteiger charge is 2.07. The molecule has 0 fully saturated rings. The highest BCUT2D eigenvalue weighted by atomic mass is 79.9. The second-order valence-electron chi connectivity index (χ2n) is 4.91. The summed E-state index contributed by atoms with van der Waals surface area (Å²) in [5.74, 6) is 0.805. The van der Waals surface area contributed by atoms with Crippen LogP contribution in [0.1, 0.15) is 51.0 Å². The van der Waals surface area contributed by atoms with E-state index in [-0.39, 0.29) is 0 Å². The molecule has 0 heterocycles. The van der Waals surface area contributed by atoms with Crippen LogP contribution in [0, 0.1) is 5.92 Å². The van der Waals surface area contributed by atoms with Gasteiger partial charge in [-0.05, 0) is 24.3 Å². The lowest BCUT2D eigenvalue weighted by atomic mass is 9.95. The molecule has 1 aromatic carbocycles. The van der Waals surface area contributed by atoms with Crippen molar-refractivity contribution in [2.24, 2.45) is 5.92 Å². The molecule has 1 atom stereocenters. The van der Waals surface area contributed by atoms with Gasteiger partial charge in [-0.15, -0.1) is 0 Å². The lowest BCUT2D eigenvalue weighted by Crippen LogP contribution is -2.06. The van der Waals surface area contributed by atoms with E-state index >= 15 is 0 Å². The van der Waals surface area contributed by atoms with E-state index in [2.05, 4.69) is 53.2 Å². The van der Waals surface area contributed by atoms with Crippen molar-refractivity contribution in [2.75, 3.05) is 5.33 Å². The molecule has 0 aliphatic carbocycles. The van der Waals surface area contributed by atoms with E-state index in [9.17, 15) is 0 Å². The molecule has 0 bridgehead atoms. The fourth-order valence-corrected chi connectivity index (χ4v) is 2.77. The maximum Gasteiger partial charge on any atom is 0.00628 e. The summed E-state index contributed by atoms with van der Waals surface area (Å²) in [6.45, 7) is 2.27. The van der Waals surface area contributed by atoms with Crippen molar-refractivity contribution in [3.63, 3.8) is 0 Å². The number of alkyl halides is 1. The molecular formula is C16H25Br. The van der Waals surface area contributed by atoms with Gasteiger partial charge in [0, 0.05) is 5.33 Å². The van der Waals surface area contributed by atoms with Gasteiger partial charge < -0.3 is 0 Å². The van der Waals surface area contributed by atoms with Crippen molar-refractivity contribution in [2.45, 2.75) is 51.9 Å². The van der Waals surface area contributed by atoms with Gasteiger partial charge in [0.1, 0.15) is 0 Å². The van der Waals surface area contributed by atoms with Crippen molar-refractivity contribution in [3.05, 3.63) is 35.9 Å². The SMILES string of the molecule is CCCCCCCC(CBr)Cc1ccccc1. The van der Waals surface area contributed by atoms with Crippen LogP contribution in [0.25, 0.3) is 0 Å². The molecule has 0 aliphatic rings. The van der Waals surface area contributed by atoms with Crippen molar-refractivity contribution < 1.29 is 0 Å². The highest BCUT2D eigenvalue weighted by Crippen LogP contribution is 2.18. The number of halogens is 1. The van der Waals surface area contributed by atoms with Gasteiger partial charge in [0.05, 0.1) is 0 Å². The summed E-state index contributed by atoms with van der Waals surface area (Å²) >= 11 is 3.66. The first-order valence-corrected chi connectivity index (χ1v) is 8.08. The van der Waals surface area contributed by atoms with Crippen LogP contribution in [0.3, 0.4) is 0 Å². The lowest BCUT2D eigenvalue weighted by Gasteiger charge is -2.13. The van der Waals surface area contributed by atoms with Crippen molar-refractivity contribution in [3.8, 4) is 0 Å². The first-order chi connectivity index (χ1) is 8.36. The third kappa shape index (κ3) is 6.88. The number of unbranched alkanes of at least 4 members (excludes halogenated alkanes) is 4. The summed E-state index contributed by atoms with van der Waals surface area (Å²) < 4.78 is 0. The lowest BCUT2D eigenvalue weighted by molar-refractivity contribution is 0.492. The van der Waals surface area contributed by atoms with Gasteiger partial charge in [-0.1, -0.05) is 85.3 Å². The summed E-state index contributed by atoms with van der Waals surface area (Å²) in [7, 11) is 0. The van der Waals surface area contributed by atoms with Gasteiger partial charge in [0.2, 0.25) is 0 Å². The first-order valence-electron chi connectivity index (χ1n) is 6.96. The van der Waals surface area contributed by atoms with Gasteiger partial charge in [-0.2, -0.15) is 0 Å². The predicted molar refractivity (Wildman–Crippen MR) is 80.8 cm³/mol. The van der Waals surface area contributed by atoms with E-state index < -0.39 is 0 Å². The van der Waals surface area contributed by atoms with Crippen molar-refractivity contribution >= 4 is 15.9 Å². The van der Waals surface area contributed by atoms with Crippen LogP contribution in [0.2, 0.25) is 0 Å². The number of rotatable bonds is 9. The Bertz CT molecular complexity index is 268. The van der Waals surface area contributed by atoms with E-state index in [1.165, 1.54) is 50.5 Å². The molecule has 1 rings (SSSR count). The van der Waals surface area contributed by atoms with Crippen molar-refractivity contribution in [1.29, 1.82) is 0 Å². The van der Waals surface area contributed by atoms with E-state index in [0.717, 1.165) is 11.2 Å². The molecule has 0 saturated carbocycles. The minimum absolute atomic E-state index is 0.805. The summed E-state index contributed by atoms with van der Waals surface area (Å²) in [5.41, 5.74) is 1.48. The minimum atomic E-state index is 0.805. The van der Waals surface area contributed by atoms with Crippen LogP contribution in [0.4, 0.5) is 0 Å². The Morgan fingerprint density at radius 3 is 2.35 bits per heavy atom. The van der Waals surface area contributed by atoms with Crippen LogP contribution in [-0.2, 0) is 6.42 Å². The molecule has 17 heavy (non-hydrogen) atoms. The molecular weight excluding hydrogens is 272 g/mol. The van der Waals surface area contributed by atoms with E-state index in [1.54, 1.807) is 0 Å². The molecule has 0 amide bonds. The second-order valence-corrected chi connectivity index (χ2v) is 5.56. The molecule has 0 radical (unpaired) electrons. The van der Waals surface area contributed by atoms with Gasteiger partial charge >= 0.3 is 0 Å². The zero-order valence-corrected chi connectivity index (χ0v) is 12.6. The van der Waals surface area contributed by atoms with Gasteiger partial charge in [0.25, 0.3) is 0 Å². The average molecular weight is 297 g/mol. The summed E-state index contributed by atoms with van der Waals surface area (Å²) in [5, 5.41) is 1.13. The third-order valence-electron chi connectivity index (χ3n) is 3.30. The first kappa shape index (κ1) is 14.8. The van der Waals surface area contributed by atoms with Crippen LogP contribution in [-0.4, -0.2) is 5.33 Å². The molecule has 0 aliphatic heterocycles.